The number of methoxy groups -OCH3 is 2. The molecule has 1 aromatic heterocycles. The predicted molar refractivity (Wildman–Crippen MR) is 154 cm³/mol. The molecule has 2 aromatic carbocycles. The highest BCUT2D eigenvalue weighted by atomic mass is 32.1. The van der Waals surface area contributed by atoms with Gasteiger partial charge in [-0.1, -0.05) is 24.3 Å². The van der Waals surface area contributed by atoms with Crippen molar-refractivity contribution in [3.05, 3.63) is 81.0 Å². The van der Waals surface area contributed by atoms with Crippen molar-refractivity contribution in [2.75, 3.05) is 46.9 Å². The molecular formula is C31H37N3O4S. The first-order chi connectivity index (χ1) is 18.9. The van der Waals surface area contributed by atoms with Gasteiger partial charge in [-0.2, -0.15) is 0 Å². The van der Waals surface area contributed by atoms with E-state index in [-0.39, 0.29) is 23.9 Å². The van der Waals surface area contributed by atoms with Gasteiger partial charge in [0.2, 0.25) is 5.91 Å². The molecule has 0 spiro atoms. The number of carbonyl (C=O) groups is 2. The van der Waals surface area contributed by atoms with Gasteiger partial charge < -0.3 is 19.3 Å². The lowest BCUT2D eigenvalue weighted by Gasteiger charge is -2.41. The van der Waals surface area contributed by atoms with Gasteiger partial charge in [0.25, 0.3) is 5.91 Å². The number of aryl methyl sites for hydroxylation is 1. The van der Waals surface area contributed by atoms with Crippen molar-refractivity contribution >= 4 is 23.2 Å². The van der Waals surface area contributed by atoms with Crippen molar-refractivity contribution in [1.29, 1.82) is 0 Å². The van der Waals surface area contributed by atoms with Gasteiger partial charge in [0.1, 0.15) is 11.5 Å². The lowest BCUT2D eigenvalue weighted by atomic mass is 9.89. The predicted octanol–water partition coefficient (Wildman–Crippen LogP) is 4.78. The Morgan fingerprint density at radius 2 is 1.59 bits per heavy atom. The molecule has 39 heavy (non-hydrogen) atoms. The monoisotopic (exact) mass is 547 g/mol. The van der Waals surface area contributed by atoms with Crippen LogP contribution in [0.4, 0.5) is 0 Å². The molecule has 0 radical (unpaired) electrons. The van der Waals surface area contributed by atoms with E-state index >= 15 is 0 Å². The number of carbonyl (C=O) groups excluding carboxylic acids is 2. The van der Waals surface area contributed by atoms with Gasteiger partial charge >= 0.3 is 0 Å². The minimum Gasteiger partial charge on any atom is -0.497 e. The average Bonchev–Trinajstić information content (AvgIpc) is 3.32. The highest BCUT2D eigenvalue weighted by Gasteiger charge is 2.37. The van der Waals surface area contributed by atoms with Gasteiger partial charge in [-0.05, 0) is 67.0 Å². The number of hydrogen-bond donors (Lipinski definition) is 0. The van der Waals surface area contributed by atoms with E-state index in [4.69, 9.17) is 9.47 Å². The van der Waals surface area contributed by atoms with Crippen LogP contribution in [-0.4, -0.2) is 79.5 Å². The third kappa shape index (κ3) is 5.54. The maximum Gasteiger partial charge on any atom is 0.254 e. The molecule has 5 rings (SSSR count). The van der Waals surface area contributed by atoms with Crippen molar-refractivity contribution in [2.45, 2.75) is 38.8 Å². The van der Waals surface area contributed by atoms with E-state index in [1.54, 1.807) is 32.4 Å². The maximum atomic E-state index is 13.9. The summed E-state index contributed by atoms with van der Waals surface area (Å²) in [5.74, 6) is 1.22. The minimum atomic E-state index is -0.271. The summed E-state index contributed by atoms with van der Waals surface area (Å²) in [6.45, 7) is 7.29. The minimum absolute atomic E-state index is 0.0632. The summed E-state index contributed by atoms with van der Waals surface area (Å²) in [5.41, 5.74) is 4.35. The molecule has 2 amide bonds. The molecule has 1 saturated heterocycles. The van der Waals surface area contributed by atoms with Gasteiger partial charge in [-0.25, -0.2) is 0 Å². The van der Waals surface area contributed by atoms with E-state index in [1.165, 1.54) is 21.6 Å². The summed E-state index contributed by atoms with van der Waals surface area (Å²) < 4.78 is 10.7. The zero-order chi connectivity index (χ0) is 27.5. The third-order valence-electron chi connectivity index (χ3n) is 8.03. The summed E-state index contributed by atoms with van der Waals surface area (Å²) >= 11 is 1.81. The molecule has 0 bridgehead atoms. The van der Waals surface area contributed by atoms with E-state index < -0.39 is 0 Å². The van der Waals surface area contributed by atoms with Crippen molar-refractivity contribution in [3.8, 4) is 11.5 Å². The number of thiophene rings is 1. The normalized spacial score (nSPS) is 18.7. The highest BCUT2D eigenvalue weighted by molar-refractivity contribution is 7.10. The second-order valence-electron chi connectivity index (χ2n) is 10.3. The van der Waals surface area contributed by atoms with Crippen LogP contribution >= 0.6 is 11.3 Å². The summed E-state index contributed by atoms with van der Waals surface area (Å²) in [6.07, 6.45) is 1.69. The number of benzene rings is 2. The molecule has 2 atom stereocenters. The molecule has 2 unspecified atom stereocenters. The number of fused-ring (bicyclic) bond motifs is 1. The average molecular weight is 548 g/mol. The van der Waals surface area contributed by atoms with Crippen LogP contribution in [0.3, 0.4) is 0 Å². The fourth-order valence-electron chi connectivity index (χ4n) is 5.85. The van der Waals surface area contributed by atoms with Crippen LogP contribution in [0, 0.1) is 6.92 Å². The third-order valence-corrected chi connectivity index (χ3v) is 9.03. The standard InChI is InChI=1S/C31H37N3O4S/c1-21-8-5-6-9-26(21)29-27-11-17-39-28(27)10-14-34(29)22(2)30(35)32-12-7-13-33(16-15-32)31(36)23-18-24(37-3)20-25(19-23)38-4/h5-6,8-9,11,17-20,22,29H,7,10,12-16H2,1-4H3. The lowest BCUT2D eigenvalue weighted by Crippen LogP contribution is -2.51. The Morgan fingerprint density at radius 1 is 0.897 bits per heavy atom. The van der Waals surface area contributed by atoms with E-state index in [0.29, 0.717) is 43.2 Å². The molecule has 0 aliphatic carbocycles. The van der Waals surface area contributed by atoms with Gasteiger partial charge in [0, 0.05) is 49.2 Å². The van der Waals surface area contributed by atoms with E-state index in [2.05, 4.69) is 47.5 Å². The summed E-state index contributed by atoms with van der Waals surface area (Å²) in [7, 11) is 3.15. The Hall–Kier alpha value is -3.36. The molecule has 8 heteroatoms. The molecule has 3 heterocycles. The smallest absolute Gasteiger partial charge is 0.254 e. The molecule has 0 N–H and O–H groups in total. The van der Waals surface area contributed by atoms with Crippen LogP contribution in [0.2, 0.25) is 0 Å². The SMILES string of the molecule is COc1cc(OC)cc(C(=O)N2CCCN(C(=O)C(C)N3CCc4sccc4C3c3ccccc3C)CC2)c1. The largest absolute Gasteiger partial charge is 0.497 e. The highest BCUT2D eigenvalue weighted by Crippen LogP contribution is 2.40. The summed E-state index contributed by atoms with van der Waals surface area (Å²) in [4.78, 5) is 34.9. The molecule has 2 aliphatic heterocycles. The van der Waals surface area contributed by atoms with Crippen molar-refractivity contribution in [1.82, 2.24) is 14.7 Å². The van der Waals surface area contributed by atoms with Crippen LogP contribution in [0.15, 0.2) is 53.9 Å². The molecule has 7 nitrogen and oxygen atoms in total. The van der Waals surface area contributed by atoms with Crippen LogP contribution in [0.1, 0.15) is 51.3 Å². The van der Waals surface area contributed by atoms with Crippen molar-refractivity contribution in [2.24, 2.45) is 0 Å². The van der Waals surface area contributed by atoms with E-state index in [0.717, 1.165) is 19.4 Å². The fourth-order valence-corrected chi connectivity index (χ4v) is 6.76. The molecule has 206 valence electrons. The number of nitrogens with zero attached hydrogens (tertiary/aromatic N) is 3. The summed E-state index contributed by atoms with van der Waals surface area (Å²) in [6, 6.07) is 15.8. The first-order valence-corrected chi connectivity index (χ1v) is 14.5. The zero-order valence-corrected chi connectivity index (χ0v) is 24.0. The Morgan fingerprint density at radius 3 is 2.31 bits per heavy atom. The van der Waals surface area contributed by atoms with Gasteiger partial charge in [0.15, 0.2) is 0 Å². The molecule has 1 fully saturated rings. The van der Waals surface area contributed by atoms with E-state index in [9.17, 15) is 9.59 Å². The topological polar surface area (TPSA) is 62.3 Å². The molecule has 0 saturated carbocycles. The first kappa shape index (κ1) is 27.2. The zero-order valence-electron chi connectivity index (χ0n) is 23.2. The first-order valence-electron chi connectivity index (χ1n) is 13.6. The number of rotatable bonds is 6. The molecule has 3 aromatic rings. The van der Waals surface area contributed by atoms with Crippen LogP contribution in [0.5, 0.6) is 11.5 Å². The summed E-state index contributed by atoms with van der Waals surface area (Å²) in [5, 5.41) is 2.17. The van der Waals surface area contributed by atoms with Crippen molar-refractivity contribution < 1.29 is 19.1 Å². The van der Waals surface area contributed by atoms with Crippen LogP contribution < -0.4 is 9.47 Å². The lowest BCUT2D eigenvalue weighted by molar-refractivity contribution is -0.137. The van der Waals surface area contributed by atoms with Gasteiger partial charge in [-0.3, -0.25) is 14.5 Å². The number of hydrogen-bond acceptors (Lipinski definition) is 6. The van der Waals surface area contributed by atoms with E-state index in [1.807, 2.05) is 28.1 Å². The van der Waals surface area contributed by atoms with Gasteiger partial charge in [-0.15, -0.1) is 11.3 Å². The number of ether oxygens (including phenoxy) is 2. The number of amides is 2. The second-order valence-corrected chi connectivity index (χ2v) is 11.3. The van der Waals surface area contributed by atoms with Crippen molar-refractivity contribution in [3.63, 3.8) is 0 Å². The molecular weight excluding hydrogens is 510 g/mol. The van der Waals surface area contributed by atoms with Crippen LogP contribution in [0.25, 0.3) is 0 Å². The Labute approximate surface area is 234 Å². The quantitative estimate of drug-likeness (QED) is 0.444. The fraction of sp³-hybridized carbons (Fsp3) is 0.419. The maximum absolute atomic E-state index is 13.9. The second kappa shape index (κ2) is 11.8. The van der Waals surface area contributed by atoms with Crippen LogP contribution in [-0.2, 0) is 11.2 Å². The Balaban J connectivity index is 1.31. The Bertz CT molecular complexity index is 1320. The van der Waals surface area contributed by atoms with Gasteiger partial charge in [0.05, 0.1) is 26.3 Å². The Kier molecular flexibility index (Phi) is 8.23. The molecule has 2 aliphatic rings.